The second-order valence-corrected chi connectivity index (χ2v) is 19.1. The molecule has 66 heavy (non-hydrogen) atoms. The van der Waals surface area contributed by atoms with Gasteiger partial charge in [-0.15, -0.1) is 0 Å². The minimum absolute atomic E-state index is 0.00208. The van der Waals surface area contributed by atoms with E-state index < -0.39 is 30.0 Å². The summed E-state index contributed by atoms with van der Waals surface area (Å²) in [4.78, 5) is 63.3. The lowest BCUT2D eigenvalue weighted by Crippen LogP contribution is -2.44. The van der Waals surface area contributed by atoms with Crippen LogP contribution in [0.3, 0.4) is 0 Å². The molecule has 0 radical (unpaired) electrons. The lowest BCUT2D eigenvalue weighted by Gasteiger charge is -2.39. The third-order valence-corrected chi connectivity index (χ3v) is 15.0. The molecular formula is C46H56F2N12O6. The van der Waals surface area contributed by atoms with Crippen molar-refractivity contribution in [3.05, 3.63) is 64.6 Å². The highest BCUT2D eigenvalue weighted by molar-refractivity contribution is 6.08. The van der Waals surface area contributed by atoms with Gasteiger partial charge in [-0.3, -0.25) is 33.5 Å². The first-order chi connectivity index (χ1) is 32.0. The van der Waals surface area contributed by atoms with Crippen LogP contribution in [0, 0.1) is 5.92 Å². The van der Waals surface area contributed by atoms with Crippen LogP contribution in [-0.2, 0) is 26.1 Å². The monoisotopic (exact) mass is 910 g/mol. The summed E-state index contributed by atoms with van der Waals surface area (Å²) < 4.78 is 47.4. The number of ether oxygens (including phenoxy) is 2. The number of halogens is 2. The molecular weight excluding hydrogens is 855 g/mol. The number of nitrogens with zero attached hydrogens (tertiary/aromatic N) is 10. The van der Waals surface area contributed by atoms with Crippen molar-refractivity contribution in [2.75, 3.05) is 61.0 Å². The summed E-state index contributed by atoms with van der Waals surface area (Å²) in [7, 11) is 1.74. The number of likely N-dealkylation sites (tertiary alicyclic amines) is 1. The van der Waals surface area contributed by atoms with Gasteiger partial charge in [0.1, 0.15) is 17.4 Å². The molecule has 3 atom stereocenters. The predicted molar refractivity (Wildman–Crippen MR) is 239 cm³/mol. The number of hydrogen-bond donors (Lipinski definition) is 2. The van der Waals surface area contributed by atoms with E-state index in [1.807, 2.05) is 24.3 Å². The number of para-hydroxylation sites is 1. The molecule has 4 aromatic heterocycles. The molecule has 350 valence electrons. The van der Waals surface area contributed by atoms with Crippen LogP contribution < -0.4 is 26.1 Å². The molecule has 18 nitrogen and oxygen atoms in total. The average molecular weight is 911 g/mol. The molecule has 2 bridgehead atoms. The number of carbonyl (C=O) groups is 3. The van der Waals surface area contributed by atoms with Crippen LogP contribution >= 0.6 is 0 Å². The molecule has 1 saturated carbocycles. The molecule has 20 heteroatoms. The largest absolute Gasteiger partial charge is 0.375 e. The fourth-order valence-electron chi connectivity index (χ4n) is 11.5. The van der Waals surface area contributed by atoms with Crippen LogP contribution in [0.15, 0.2) is 47.7 Å². The van der Waals surface area contributed by atoms with Crippen molar-refractivity contribution in [2.24, 2.45) is 13.0 Å². The van der Waals surface area contributed by atoms with Gasteiger partial charge >= 0.3 is 5.69 Å². The lowest BCUT2D eigenvalue weighted by molar-refractivity contribution is -0.135. The number of amides is 3. The van der Waals surface area contributed by atoms with Gasteiger partial charge in [-0.1, -0.05) is 6.07 Å². The number of piperidine rings is 3. The molecule has 1 aromatic carbocycles. The van der Waals surface area contributed by atoms with E-state index >= 15 is 0 Å². The van der Waals surface area contributed by atoms with E-state index in [1.165, 1.54) is 15.3 Å². The molecule has 11 rings (SSSR count). The Bertz CT molecular complexity index is 2710. The first kappa shape index (κ1) is 42.9. The quantitative estimate of drug-likeness (QED) is 0.176. The molecule has 1 unspecified atom stereocenters. The number of alkyl halides is 2. The van der Waals surface area contributed by atoms with E-state index in [2.05, 4.69) is 35.5 Å². The third kappa shape index (κ3) is 8.03. The molecule has 0 spiro atoms. The Labute approximate surface area is 379 Å². The van der Waals surface area contributed by atoms with Gasteiger partial charge in [-0.2, -0.15) is 10.2 Å². The molecule has 2 N–H and O–H groups in total. The number of hydrogen-bond acceptors (Lipinski definition) is 12. The van der Waals surface area contributed by atoms with Gasteiger partial charge in [-0.05, 0) is 88.3 Å². The number of imidazole rings is 1. The zero-order chi connectivity index (χ0) is 45.2. The summed E-state index contributed by atoms with van der Waals surface area (Å²) in [5.41, 5.74) is 2.30. The summed E-state index contributed by atoms with van der Waals surface area (Å²) in [5, 5.41) is 13.7. The highest BCUT2D eigenvalue weighted by Crippen LogP contribution is 2.37. The molecule has 6 aliphatic rings. The van der Waals surface area contributed by atoms with Crippen molar-refractivity contribution in [2.45, 2.75) is 113 Å². The van der Waals surface area contributed by atoms with Gasteiger partial charge < -0.3 is 29.5 Å². The Morgan fingerprint density at radius 3 is 2.45 bits per heavy atom. The zero-order valence-corrected chi connectivity index (χ0v) is 37.1. The number of morpholine rings is 1. The normalized spacial score (nSPS) is 25.8. The van der Waals surface area contributed by atoms with Crippen molar-refractivity contribution in [1.82, 2.24) is 43.7 Å². The van der Waals surface area contributed by atoms with Crippen molar-refractivity contribution < 1.29 is 32.6 Å². The summed E-state index contributed by atoms with van der Waals surface area (Å²) >= 11 is 0. The van der Waals surface area contributed by atoms with Crippen molar-refractivity contribution in [3.63, 3.8) is 0 Å². The molecule has 6 fully saturated rings. The van der Waals surface area contributed by atoms with Crippen LogP contribution in [0.2, 0.25) is 0 Å². The minimum Gasteiger partial charge on any atom is -0.375 e. The van der Waals surface area contributed by atoms with Gasteiger partial charge in [0.15, 0.2) is 11.3 Å². The fourth-order valence-corrected chi connectivity index (χ4v) is 11.5. The second kappa shape index (κ2) is 17.5. The van der Waals surface area contributed by atoms with Gasteiger partial charge in [0.2, 0.25) is 11.8 Å². The summed E-state index contributed by atoms with van der Waals surface area (Å²) in [6, 6.07) is 7.19. The number of carbonyl (C=O) groups excluding carboxylic acids is 3. The Morgan fingerprint density at radius 1 is 0.970 bits per heavy atom. The molecule has 3 amide bonds. The molecule has 1 aliphatic carbocycles. The molecule has 5 aromatic rings. The molecule has 5 aliphatic heterocycles. The van der Waals surface area contributed by atoms with Crippen molar-refractivity contribution in [3.8, 4) is 0 Å². The third-order valence-electron chi connectivity index (χ3n) is 15.0. The number of aryl methyl sites for hydroxylation is 1. The summed E-state index contributed by atoms with van der Waals surface area (Å²) in [5.74, 6) is -0.0683. The van der Waals surface area contributed by atoms with E-state index in [9.17, 15) is 28.0 Å². The maximum Gasteiger partial charge on any atom is 0.329 e. The second-order valence-electron chi connectivity index (χ2n) is 19.1. The van der Waals surface area contributed by atoms with Crippen LogP contribution in [0.25, 0.3) is 16.7 Å². The van der Waals surface area contributed by atoms with E-state index in [0.717, 1.165) is 114 Å². The molecule has 5 saturated heterocycles. The first-order valence-electron chi connectivity index (χ1n) is 23.6. The number of rotatable bonds is 11. The van der Waals surface area contributed by atoms with Gasteiger partial charge in [0.05, 0.1) is 65.6 Å². The molecule has 9 heterocycles. The smallest absolute Gasteiger partial charge is 0.329 e. The van der Waals surface area contributed by atoms with Crippen LogP contribution in [0.1, 0.15) is 105 Å². The SMILES string of the molecule is Cn1c(=O)n(C2CCC(=O)NC2=O)c2cccc(N3CCC(OC4CCN(CC5CCC(n6cc(NC(=O)c7cnn8ccc(N9C[C@@H]%10C[C@H]9CO%10)nc78)c(C(F)F)n6)CC5)CC4)CC3)c21. The van der Waals surface area contributed by atoms with Crippen LogP contribution in [-0.4, -0.2) is 126 Å². The van der Waals surface area contributed by atoms with Crippen LogP contribution in [0.4, 0.5) is 26.0 Å². The maximum absolute atomic E-state index is 14.3. The average Bonchev–Trinajstić information content (AvgIpc) is 4.18. The lowest BCUT2D eigenvalue weighted by atomic mass is 9.85. The van der Waals surface area contributed by atoms with Crippen molar-refractivity contribution in [1.29, 1.82) is 0 Å². The topological polar surface area (TPSA) is 178 Å². The van der Waals surface area contributed by atoms with Crippen molar-refractivity contribution >= 4 is 51.6 Å². The predicted octanol–water partition coefficient (Wildman–Crippen LogP) is 4.61. The van der Waals surface area contributed by atoms with Gasteiger partial charge in [0, 0.05) is 65.1 Å². The minimum atomic E-state index is -2.86. The van der Waals surface area contributed by atoms with E-state index in [4.69, 9.17) is 14.5 Å². The first-order valence-corrected chi connectivity index (χ1v) is 23.6. The fraction of sp³-hybridized carbons (Fsp3) is 0.587. The number of benzene rings is 1. The Morgan fingerprint density at radius 2 is 1.74 bits per heavy atom. The van der Waals surface area contributed by atoms with E-state index in [1.54, 1.807) is 28.7 Å². The highest BCUT2D eigenvalue weighted by Gasteiger charge is 2.40. The summed E-state index contributed by atoms with van der Waals surface area (Å²) in [6.07, 6.45) is 11.2. The number of nitrogens with one attached hydrogen (secondary N) is 2. The van der Waals surface area contributed by atoms with Gasteiger partial charge in [0.25, 0.3) is 12.3 Å². The Hall–Kier alpha value is -5.73. The maximum atomic E-state index is 14.3. The Kier molecular flexibility index (Phi) is 11.4. The number of aromatic nitrogens is 7. The Balaban J connectivity index is 0.646. The van der Waals surface area contributed by atoms with Crippen LogP contribution in [0.5, 0.6) is 0 Å². The number of anilines is 3. The zero-order valence-electron chi connectivity index (χ0n) is 37.1. The van der Waals surface area contributed by atoms with Gasteiger partial charge in [-0.25, -0.2) is 23.1 Å². The standard InChI is InChI=1S/C46H56F2N12O6/c1-54-41-35(3-2-4-36(41)60(46(54)64)37-9-10-39(61)52-45(37)63)56-18-13-31(14-19-56)66-30-11-16-55(17-12-30)23-27-5-7-28(8-6-27)59-25-34(40(53-59)42(47)48)50-44(62)33-22-49-58-20-15-38(51-43(33)58)57-24-32-21-29(57)26-65-32/h2-4,15,20,22,25,27-32,37,42H,5-14,16-19,21,23-24,26H2,1H3,(H,50,62)(H,52,61,63)/t27?,28?,29-,32-,37?/m0/s1. The van der Waals surface area contributed by atoms with E-state index in [0.29, 0.717) is 30.1 Å². The number of imide groups is 1. The number of fused-ring (bicyclic) bond motifs is 4. The summed E-state index contributed by atoms with van der Waals surface area (Å²) in [6.45, 7) is 5.92. The highest BCUT2D eigenvalue weighted by atomic mass is 19.3. The van der Waals surface area contributed by atoms with E-state index in [-0.39, 0.29) is 59.7 Å².